The predicted molar refractivity (Wildman–Crippen MR) is 43.3 cm³/mol. The van der Waals surface area contributed by atoms with Crippen molar-refractivity contribution in [3.05, 3.63) is 24.3 Å². The molecule has 0 fully saturated rings. The quantitative estimate of drug-likeness (QED) is 0.485. The van der Waals surface area contributed by atoms with E-state index >= 15 is 0 Å². The number of aliphatic carboxylic acids is 1. The number of carboxylic acid groups (broad SMARTS) is 1. The van der Waals surface area contributed by atoms with Crippen LogP contribution in [0.2, 0.25) is 0 Å². The zero-order valence-electron chi connectivity index (χ0n) is 6.76. The summed E-state index contributed by atoms with van der Waals surface area (Å²) in [5, 5.41) is 7.89. The van der Waals surface area contributed by atoms with Crippen LogP contribution in [-0.4, -0.2) is 17.4 Å². The number of carbonyl (C=O) groups is 2. The van der Waals surface area contributed by atoms with E-state index in [1.165, 1.54) is 6.92 Å². The zero-order valence-corrected chi connectivity index (χ0v) is 6.76. The van der Waals surface area contributed by atoms with E-state index in [0.717, 1.165) is 6.29 Å². The predicted octanol–water partition coefficient (Wildman–Crippen LogP) is 1.41. The van der Waals surface area contributed by atoms with Crippen LogP contribution in [0.15, 0.2) is 24.3 Å². The molecule has 0 aromatic rings. The number of rotatable bonds is 2. The Balaban J connectivity index is 0. The Morgan fingerprint density at radius 2 is 1.55 bits per heavy atom. The van der Waals surface area contributed by atoms with E-state index in [0.29, 0.717) is 5.57 Å². The molecule has 0 aliphatic rings. The van der Waals surface area contributed by atoms with E-state index in [4.69, 9.17) is 5.11 Å². The summed E-state index contributed by atoms with van der Waals surface area (Å²) in [6, 6.07) is 0. The molecule has 0 rings (SSSR count). The third kappa shape index (κ3) is 17.7. The fraction of sp³-hybridized carbons (Fsp3) is 0.250. The highest BCUT2D eigenvalue weighted by Gasteiger charge is 1.90. The molecule has 3 heteroatoms. The van der Waals surface area contributed by atoms with Gasteiger partial charge in [0.1, 0.15) is 6.29 Å². The lowest BCUT2D eigenvalue weighted by Crippen LogP contribution is -1.92. The van der Waals surface area contributed by atoms with Gasteiger partial charge in [-0.25, -0.2) is 4.79 Å². The molecule has 0 spiro atoms. The summed E-state index contributed by atoms with van der Waals surface area (Å²) in [7, 11) is 0. The van der Waals surface area contributed by atoms with Gasteiger partial charge in [0, 0.05) is 5.57 Å². The van der Waals surface area contributed by atoms with Gasteiger partial charge in [-0.2, -0.15) is 0 Å². The minimum absolute atomic E-state index is 0.176. The smallest absolute Gasteiger partial charge is 0.330 e. The summed E-state index contributed by atoms with van der Waals surface area (Å²) >= 11 is 0. The van der Waals surface area contributed by atoms with Crippen LogP contribution in [0.4, 0.5) is 0 Å². The summed E-state index contributed by atoms with van der Waals surface area (Å²) in [5.41, 5.74) is 0.750. The first-order valence-corrected chi connectivity index (χ1v) is 2.91. The van der Waals surface area contributed by atoms with Crippen molar-refractivity contribution in [1.82, 2.24) is 0 Å². The van der Waals surface area contributed by atoms with E-state index in [9.17, 15) is 9.59 Å². The maximum Gasteiger partial charge on any atom is 0.330 e. The molecule has 0 aromatic carbocycles. The van der Waals surface area contributed by atoms with Crippen molar-refractivity contribution in [3.63, 3.8) is 0 Å². The maximum absolute atomic E-state index is 9.60. The van der Waals surface area contributed by atoms with Crippen LogP contribution in [0.25, 0.3) is 0 Å². The molecule has 0 bridgehead atoms. The number of aldehydes is 1. The van der Waals surface area contributed by atoms with Gasteiger partial charge in [-0.1, -0.05) is 13.2 Å². The first-order chi connectivity index (χ1) is 4.91. The van der Waals surface area contributed by atoms with Crippen LogP contribution in [0.1, 0.15) is 13.8 Å². The lowest BCUT2D eigenvalue weighted by atomic mass is 10.4. The molecule has 1 N–H and O–H groups in total. The molecule has 11 heavy (non-hydrogen) atoms. The van der Waals surface area contributed by atoms with Crippen LogP contribution in [0.5, 0.6) is 0 Å². The number of hydrogen-bond donors (Lipinski definition) is 1. The Hall–Kier alpha value is -1.38. The summed E-state index contributed by atoms with van der Waals surface area (Å²) in [6.07, 6.45) is 0.722. The highest BCUT2D eigenvalue weighted by molar-refractivity contribution is 5.84. The van der Waals surface area contributed by atoms with Gasteiger partial charge in [-0.3, -0.25) is 4.79 Å². The Kier molecular flexibility index (Phi) is 7.54. The lowest BCUT2D eigenvalue weighted by molar-refractivity contribution is -0.132. The van der Waals surface area contributed by atoms with Crippen molar-refractivity contribution in [1.29, 1.82) is 0 Å². The molecule has 0 unspecified atom stereocenters. The average Bonchev–Trinajstić information content (AvgIpc) is 1.89. The molecule has 0 saturated carbocycles. The Morgan fingerprint density at radius 3 is 1.55 bits per heavy atom. The number of carbonyl (C=O) groups excluding carboxylic acids is 1. The molecule has 0 radical (unpaired) electrons. The van der Waals surface area contributed by atoms with Crippen molar-refractivity contribution in [2.24, 2.45) is 0 Å². The normalized spacial score (nSPS) is 7.09. The third-order valence-corrected chi connectivity index (χ3v) is 0.566. The third-order valence-electron chi connectivity index (χ3n) is 0.566. The van der Waals surface area contributed by atoms with Crippen LogP contribution in [0, 0.1) is 0 Å². The summed E-state index contributed by atoms with van der Waals surface area (Å²) < 4.78 is 0. The van der Waals surface area contributed by atoms with Gasteiger partial charge in [0.25, 0.3) is 0 Å². The number of allylic oxidation sites excluding steroid dienone is 1. The van der Waals surface area contributed by atoms with Crippen molar-refractivity contribution in [2.45, 2.75) is 13.8 Å². The van der Waals surface area contributed by atoms with Gasteiger partial charge in [0.05, 0.1) is 0 Å². The molecule has 0 heterocycles. The van der Waals surface area contributed by atoms with Crippen molar-refractivity contribution in [3.8, 4) is 0 Å². The molecule has 0 atom stereocenters. The minimum atomic E-state index is -0.935. The van der Waals surface area contributed by atoms with Gasteiger partial charge in [0.15, 0.2) is 0 Å². The average molecular weight is 156 g/mol. The summed E-state index contributed by atoms with van der Waals surface area (Å²) in [4.78, 5) is 19.0. The molecule has 3 nitrogen and oxygen atoms in total. The molecule has 62 valence electrons. The summed E-state index contributed by atoms with van der Waals surface area (Å²) in [5.74, 6) is -0.935. The topological polar surface area (TPSA) is 54.4 Å². The minimum Gasteiger partial charge on any atom is -0.478 e. The molecule has 0 aliphatic heterocycles. The van der Waals surface area contributed by atoms with Gasteiger partial charge in [-0.15, -0.1) is 0 Å². The number of carboxylic acids is 1. The largest absolute Gasteiger partial charge is 0.478 e. The Labute approximate surface area is 66.0 Å². The monoisotopic (exact) mass is 156 g/mol. The van der Waals surface area contributed by atoms with Gasteiger partial charge >= 0.3 is 5.97 Å². The van der Waals surface area contributed by atoms with Crippen molar-refractivity contribution < 1.29 is 14.7 Å². The molecule has 0 saturated heterocycles. The van der Waals surface area contributed by atoms with Gasteiger partial charge in [-0.05, 0) is 19.4 Å². The highest BCUT2D eigenvalue weighted by atomic mass is 16.4. The van der Waals surface area contributed by atoms with E-state index < -0.39 is 5.97 Å². The van der Waals surface area contributed by atoms with Crippen LogP contribution >= 0.6 is 0 Å². The van der Waals surface area contributed by atoms with E-state index in [1.807, 2.05) is 0 Å². The Morgan fingerprint density at radius 1 is 1.36 bits per heavy atom. The van der Waals surface area contributed by atoms with Crippen molar-refractivity contribution in [2.75, 3.05) is 0 Å². The molecule has 0 aromatic heterocycles. The van der Waals surface area contributed by atoms with Gasteiger partial charge < -0.3 is 5.11 Å². The highest BCUT2D eigenvalue weighted by Crippen LogP contribution is 1.81. The fourth-order valence-electron chi connectivity index (χ4n) is 0. The van der Waals surface area contributed by atoms with Gasteiger partial charge in [0.2, 0.25) is 0 Å². The fourth-order valence-corrected chi connectivity index (χ4v) is 0. The first kappa shape index (κ1) is 12.3. The molecule has 0 amide bonds. The first-order valence-electron chi connectivity index (χ1n) is 2.91. The van der Waals surface area contributed by atoms with Crippen LogP contribution in [0.3, 0.4) is 0 Å². The molecular formula is C8H12O3. The van der Waals surface area contributed by atoms with E-state index in [1.54, 1.807) is 6.92 Å². The van der Waals surface area contributed by atoms with E-state index in [2.05, 4.69) is 13.2 Å². The molecular weight excluding hydrogens is 144 g/mol. The Bertz CT molecular complexity index is 168. The van der Waals surface area contributed by atoms with Crippen molar-refractivity contribution >= 4 is 12.3 Å². The standard InChI is InChI=1S/C4H6O2.C4H6O/c1-3(2)4(5)6;1-4(2)3-5/h1H2,2H3,(H,5,6);3H,1H2,2H3. The van der Waals surface area contributed by atoms with Crippen LogP contribution < -0.4 is 0 Å². The zero-order chi connectivity index (χ0) is 9.44. The maximum atomic E-state index is 9.60. The molecule has 0 aliphatic carbocycles. The second kappa shape index (κ2) is 6.74. The summed E-state index contributed by atoms with van der Waals surface area (Å²) in [6.45, 7) is 9.57. The second-order valence-corrected chi connectivity index (χ2v) is 2.05. The van der Waals surface area contributed by atoms with Crippen LogP contribution in [-0.2, 0) is 9.59 Å². The lowest BCUT2D eigenvalue weighted by Gasteiger charge is -1.79. The number of hydrogen-bond acceptors (Lipinski definition) is 2. The van der Waals surface area contributed by atoms with E-state index in [-0.39, 0.29) is 5.57 Å². The SMILES string of the molecule is C=C(C)C(=O)O.C=C(C)C=O. The second-order valence-electron chi connectivity index (χ2n) is 2.05.